The lowest BCUT2D eigenvalue weighted by Crippen LogP contribution is -2.59. The third kappa shape index (κ3) is 9.64. The van der Waals surface area contributed by atoms with E-state index in [1.165, 1.54) is 34.9 Å². The summed E-state index contributed by atoms with van der Waals surface area (Å²) in [6.07, 6.45) is 11.8. The number of halogens is 3. The monoisotopic (exact) mass is 913 g/mol. The van der Waals surface area contributed by atoms with E-state index in [1.54, 1.807) is 25.2 Å². The number of anilines is 4. The number of fused-ring (bicyclic) bond motifs is 2. The zero-order valence-electron chi connectivity index (χ0n) is 36.9. The first kappa shape index (κ1) is 44.8. The molecule has 4 aromatic rings. The third-order valence-electron chi connectivity index (χ3n) is 14.0. The van der Waals surface area contributed by atoms with E-state index < -0.39 is 23.9 Å². The second-order valence-corrected chi connectivity index (χ2v) is 18.8. The maximum atomic E-state index is 16.1. The van der Waals surface area contributed by atoms with Gasteiger partial charge in [-0.25, -0.2) is 23.1 Å². The first-order chi connectivity index (χ1) is 31.4. The van der Waals surface area contributed by atoms with Gasteiger partial charge in [-0.3, -0.25) is 34.4 Å². The van der Waals surface area contributed by atoms with E-state index in [2.05, 4.69) is 20.5 Å². The molecule has 5 fully saturated rings. The molecule has 1 saturated carbocycles. The van der Waals surface area contributed by atoms with Gasteiger partial charge in [0, 0.05) is 70.1 Å². The van der Waals surface area contributed by atoms with Gasteiger partial charge in [0.2, 0.25) is 5.91 Å². The number of carbonyl (C=O) groups excluding carboxylic acids is 4. The van der Waals surface area contributed by atoms with Gasteiger partial charge in [-0.1, -0.05) is 43.0 Å². The number of aromatic nitrogens is 3. The maximum absolute atomic E-state index is 16.1. The van der Waals surface area contributed by atoms with Crippen molar-refractivity contribution in [2.45, 2.75) is 89.1 Å². The van der Waals surface area contributed by atoms with Crippen molar-refractivity contribution in [3.8, 4) is 0 Å². The average Bonchev–Trinajstić information content (AvgIpc) is 4.01. The standard InChI is InChI=1S/C44H52ClF2N11O4.C3H6/c1-49-33-23-38(52-58-36(40(48)60)24-50-41(33)58)56-19-11-31-30(3-2-4-34(31)56)25-53-14-12-37(44(46,47)26-53)54-15-7-27(8-16-54)21-28-9-17-55(18-10-28)42(61)29-5-6-32(45)35(22-29)57-20-13-39(59)51-43(57)62;1-2-3-1/h2-6,22-24,27-28,37,49H,7-21,25-26H2,1H3,(H2,48,60)(H,51,59,62);1-3H2. The Balaban J connectivity index is 0.00000171. The number of hydrogen-bond acceptors (Lipinski definition) is 10. The van der Waals surface area contributed by atoms with Gasteiger partial charge in [0.1, 0.15) is 5.69 Å². The van der Waals surface area contributed by atoms with Gasteiger partial charge < -0.3 is 20.9 Å². The van der Waals surface area contributed by atoms with Crippen molar-refractivity contribution in [2.24, 2.45) is 17.6 Å². The zero-order valence-corrected chi connectivity index (χ0v) is 37.7. The number of carbonyl (C=O) groups is 4. The number of imidazole rings is 1. The summed E-state index contributed by atoms with van der Waals surface area (Å²) in [7, 11) is 1.78. The quantitative estimate of drug-likeness (QED) is 0.156. The summed E-state index contributed by atoms with van der Waals surface area (Å²) >= 11 is 6.40. The minimum absolute atomic E-state index is 0.113. The molecule has 4 N–H and O–H groups in total. The van der Waals surface area contributed by atoms with Crippen LogP contribution in [0.5, 0.6) is 0 Å². The fourth-order valence-electron chi connectivity index (χ4n) is 10.3. The average molecular weight is 915 g/mol. The molecule has 5 amide bonds. The molecule has 18 heteroatoms. The number of likely N-dealkylation sites (tertiary alicyclic amines) is 3. The van der Waals surface area contributed by atoms with Gasteiger partial charge in [0.15, 0.2) is 11.5 Å². The highest BCUT2D eigenvalue weighted by molar-refractivity contribution is 6.34. The van der Waals surface area contributed by atoms with Crippen molar-refractivity contribution in [1.29, 1.82) is 0 Å². The highest BCUT2D eigenvalue weighted by Crippen LogP contribution is 2.40. The number of nitrogens with zero attached hydrogens (tertiary/aromatic N) is 8. The van der Waals surface area contributed by atoms with Gasteiger partial charge >= 0.3 is 6.03 Å². The molecule has 2 aromatic heterocycles. The van der Waals surface area contributed by atoms with Crippen LogP contribution >= 0.6 is 11.6 Å². The van der Waals surface area contributed by atoms with Gasteiger partial charge in [-0.15, -0.1) is 5.10 Å². The van der Waals surface area contributed by atoms with Crippen LogP contribution in [0.1, 0.15) is 96.2 Å². The summed E-state index contributed by atoms with van der Waals surface area (Å²) < 4.78 is 33.6. The van der Waals surface area contributed by atoms with Crippen LogP contribution in [0.4, 0.5) is 36.5 Å². The molecule has 6 aliphatic rings. The molecule has 7 heterocycles. The largest absolute Gasteiger partial charge is 0.385 e. The second-order valence-electron chi connectivity index (χ2n) is 18.4. The Bertz CT molecular complexity index is 2450. The molecule has 15 nitrogen and oxygen atoms in total. The molecule has 0 spiro atoms. The predicted molar refractivity (Wildman–Crippen MR) is 245 cm³/mol. The third-order valence-corrected chi connectivity index (χ3v) is 14.3. The van der Waals surface area contributed by atoms with Crippen molar-refractivity contribution >= 4 is 63.9 Å². The smallest absolute Gasteiger partial charge is 0.328 e. The van der Waals surface area contributed by atoms with Gasteiger partial charge in [0.25, 0.3) is 17.7 Å². The Labute approximate surface area is 382 Å². The maximum Gasteiger partial charge on any atom is 0.328 e. The molecule has 0 radical (unpaired) electrons. The Morgan fingerprint density at radius 1 is 0.892 bits per heavy atom. The van der Waals surface area contributed by atoms with Crippen molar-refractivity contribution in [2.75, 3.05) is 74.5 Å². The van der Waals surface area contributed by atoms with Crippen molar-refractivity contribution < 1.29 is 28.0 Å². The number of benzene rings is 2. The molecular weight excluding hydrogens is 856 g/mol. The van der Waals surface area contributed by atoms with Crippen molar-refractivity contribution in [1.82, 2.24) is 34.6 Å². The molecular formula is C47H58ClF2N11O4. The number of imide groups is 1. The van der Waals surface area contributed by atoms with E-state index in [0.29, 0.717) is 97.5 Å². The summed E-state index contributed by atoms with van der Waals surface area (Å²) in [6.45, 7) is 4.19. The van der Waals surface area contributed by atoms with Gasteiger partial charge in [-0.2, -0.15) is 0 Å². The van der Waals surface area contributed by atoms with Crippen molar-refractivity contribution in [3.63, 3.8) is 0 Å². The number of rotatable bonds is 10. The SMILES string of the molecule is C1CC1.CNc1cc(N2CCc3c(CN4CCC(N5CCC(CC6CCN(C(=O)c7ccc(Cl)c(N8CCC(=O)NC8=O)c7)CC6)CC5)C(F)(F)C4)cccc32)nn2c(C(N)=O)cnc12. The molecule has 10 rings (SSSR count). The normalized spacial score (nSPS) is 21.8. The Morgan fingerprint density at radius 3 is 2.29 bits per heavy atom. The number of nitrogens with two attached hydrogens (primary N) is 1. The first-order valence-corrected chi connectivity index (χ1v) is 23.5. The van der Waals surface area contributed by atoms with Crippen LogP contribution < -0.4 is 26.2 Å². The lowest BCUT2D eigenvalue weighted by molar-refractivity contribution is -0.134. The predicted octanol–water partition coefficient (Wildman–Crippen LogP) is 6.70. The lowest BCUT2D eigenvalue weighted by atomic mass is 9.82. The van der Waals surface area contributed by atoms with Crippen LogP contribution in [0.2, 0.25) is 5.02 Å². The topological polar surface area (TPSA) is 165 Å². The summed E-state index contributed by atoms with van der Waals surface area (Å²) in [6, 6.07) is 11.5. The molecule has 2 aromatic carbocycles. The second kappa shape index (κ2) is 18.8. The minimum atomic E-state index is -2.84. The highest BCUT2D eigenvalue weighted by atomic mass is 35.5. The lowest BCUT2D eigenvalue weighted by Gasteiger charge is -2.46. The molecule has 346 valence electrons. The van der Waals surface area contributed by atoms with Gasteiger partial charge in [0.05, 0.1) is 35.2 Å². The summed E-state index contributed by atoms with van der Waals surface area (Å²) in [5, 5.41) is 10.5. The number of alkyl halides is 2. The van der Waals surface area contributed by atoms with Crippen LogP contribution in [0.15, 0.2) is 48.7 Å². The van der Waals surface area contributed by atoms with E-state index in [9.17, 15) is 19.2 Å². The van der Waals surface area contributed by atoms with Crippen LogP contribution in [0, 0.1) is 11.8 Å². The fraction of sp³-hybridized carbons (Fsp3) is 0.532. The fourth-order valence-corrected chi connectivity index (χ4v) is 10.5. The van der Waals surface area contributed by atoms with Gasteiger partial charge in [-0.05, 0) is 105 Å². The highest BCUT2D eigenvalue weighted by Gasteiger charge is 2.48. The number of hydrogen-bond donors (Lipinski definition) is 3. The van der Waals surface area contributed by atoms with E-state index >= 15 is 8.78 Å². The Hall–Kier alpha value is -5.39. The molecule has 5 aliphatic heterocycles. The number of primary amides is 1. The molecule has 1 atom stereocenters. The van der Waals surface area contributed by atoms with E-state index in [0.717, 1.165) is 55.3 Å². The summed E-state index contributed by atoms with van der Waals surface area (Å²) in [5.41, 5.74) is 11.0. The molecule has 1 unspecified atom stereocenters. The molecule has 4 saturated heterocycles. The Kier molecular flexibility index (Phi) is 13.0. The van der Waals surface area contributed by atoms with Crippen LogP contribution in [-0.2, 0) is 17.8 Å². The number of amides is 5. The van der Waals surface area contributed by atoms with E-state index in [4.69, 9.17) is 22.4 Å². The number of nitrogens with one attached hydrogen (secondary N) is 2. The van der Waals surface area contributed by atoms with E-state index in [-0.39, 0.29) is 37.0 Å². The van der Waals surface area contributed by atoms with Crippen LogP contribution in [0.25, 0.3) is 5.65 Å². The summed E-state index contributed by atoms with van der Waals surface area (Å²) in [5.74, 6) is -2.35. The number of piperidine rings is 3. The summed E-state index contributed by atoms with van der Waals surface area (Å²) in [4.78, 5) is 63.3. The molecule has 1 aliphatic carbocycles. The number of urea groups is 1. The van der Waals surface area contributed by atoms with Crippen LogP contribution in [-0.4, -0.2) is 124 Å². The van der Waals surface area contributed by atoms with Crippen LogP contribution in [0.3, 0.4) is 0 Å². The minimum Gasteiger partial charge on any atom is -0.385 e. The molecule has 0 bridgehead atoms. The first-order valence-electron chi connectivity index (χ1n) is 23.2. The Morgan fingerprint density at radius 2 is 1.62 bits per heavy atom. The molecule has 65 heavy (non-hydrogen) atoms. The zero-order chi connectivity index (χ0) is 45.4. The van der Waals surface area contributed by atoms with Crippen molar-refractivity contribution in [3.05, 3.63) is 76.1 Å². The van der Waals surface area contributed by atoms with E-state index in [1.807, 2.05) is 39.0 Å².